The lowest BCUT2D eigenvalue weighted by Gasteiger charge is -2.31. The van der Waals surface area contributed by atoms with Crippen LogP contribution in [0.25, 0.3) is 0 Å². The molecule has 1 atom stereocenters. The Morgan fingerprint density at radius 2 is 2.10 bits per heavy atom. The second-order valence-corrected chi connectivity index (χ2v) is 5.42. The van der Waals surface area contributed by atoms with E-state index in [1.165, 1.54) is 6.07 Å². The molecule has 0 bridgehead atoms. The minimum absolute atomic E-state index is 0.0103. The summed E-state index contributed by atoms with van der Waals surface area (Å²) in [5.74, 6) is 0.00154. The third kappa shape index (κ3) is 3.29. The lowest BCUT2D eigenvalue weighted by molar-refractivity contribution is -0.0876. The van der Waals surface area contributed by atoms with Crippen molar-refractivity contribution in [2.45, 2.75) is 31.3 Å². The predicted molar refractivity (Wildman–Crippen MR) is 74.4 cm³/mol. The minimum atomic E-state index is -1.22. The van der Waals surface area contributed by atoms with Gasteiger partial charge in [0.15, 0.2) is 0 Å². The van der Waals surface area contributed by atoms with Gasteiger partial charge in [-0.1, -0.05) is 18.9 Å². The number of hydrogen-bond donors (Lipinski definition) is 3. The number of carbonyl (C=O) groups is 1. The molecular weight excluding hydrogens is 258 g/mol. The molecule has 0 aromatic heterocycles. The fourth-order valence-electron chi connectivity index (χ4n) is 2.70. The van der Waals surface area contributed by atoms with Crippen molar-refractivity contribution in [2.24, 2.45) is 11.7 Å². The molecule has 1 aliphatic carbocycles. The smallest absolute Gasteiger partial charge is 0.248 e. The highest BCUT2D eigenvalue weighted by Crippen LogP contribution is 2.34. The van der Waals surface area contributed by atoms with Gasteiger partial charge in [-0.15, -0.1) is 0 Å². The van der Waals surface area contributed by atoms with Gasteiger partial charge in [0.05, 0.1) is 6.61 Å². The lowest BCUT2D eigenvalue weighted by atomic mass is 9.87. The van der Waals surface area contributed by atoms with Crippen molar-refractivity contribution in [3.05, 3.63) is 29.8 Å². The van der Waals surface area contributed by atoms with E-state index < -0.39 is 11.5 Å². The van der Waals surface area contributed by atoms with Crippen molar-refractivity contribution in [2.75, 3.05) is 13.2 Å². The summed E-state index contributed by atoms with van der Waals surface area (Å²) in [6.45, 7) is -0.316. The van der Waals surface area contributed by atoms with Crippen LogP contribution in [0.4, 0.5) is 0 Å². The number of hydrogen-bond acceptors (Lipinski definition) is 4. The molecule has 5 nitrogen and oxygen atoms in total. The maximum atomic E-state index is 11.1. The average Bonchev–Trinajstić information content (AvgIpc) is 3.00. The van der Waals surface area contributed by atoms with Crippen molar-refractivity contribution in [3.8, 4) is 5.75 Å². The van der Waals surface area contributed by atoms with Gasteiger partial charge in [-0.2, -0.15) is 0 Å². The highest BCUT2D eigenvalue weighted by atomic mass is 16.5. The van der Waals surface area contributed by atoms with Gasteiger partial charge in [-0.25, -0.2) is 0 Å². The highest BCUT2D eigenvalue weighted by Gasteiger charge is 2.38. The number of carbonyl (C=O) groups excluding carboxylic acids is 1. The van der Waals surface area contributed by atoms with Crippen LogP contribution < -0.4 is 10.5 Å². The SMILES string of the molecule is NC(=O)c1cccc(OCC(O)(CO)C2CCCC2)c1. The Balaban J connectivity index is 2.02. The lowest BCUT2D eigenvalue weighted by Crippen LogP contribution is -2.46. The summed E-state index contributed by atoms with van der Waals surface area (Å²) in [6, 6.07) is 6.50. The van der Waals surface area contributed by atoms with Gasteiger partial charge in [0, 0.05) is 5.56 Å². The Labute approximate surface area is 118 Å². The maximum Gasteiger partial charge on any atom is 0.248 e. The number of ether oxygens (including phenoxy) is 1. The fraction of sp³-hybridized carbons (Fsp3) is 0.533. The molecule has 0 aliphatic heterocycles. The molecule has 4 N–H and O–H groups in total. The van der Waals surface area contributed by atoms with Crippen LogP contribution in [0.2, 0.25) is 0 Å². The first-order valence-electron chi connectivity index (χ1n) is 6.91. The van der Waals surface area contributed by atoms with E-state index >= 15 is 0 Å². The summed E-state index contributed by atoms with van der Waals surface area (Å²) in [5, 5.41) is 20.0. The van der Waals surface area contributed by atoms with E-state index in [0.29, 0.717) is 11.3 Å². The number of aliphatic hydroxyl groups excluding tert-OH is 1. The molecule has 0 saturated heterocycles. The van der Waals surface area contributed by atoms with E-state index in [2.05, 4.69) is 0 Å². The van der Waals surface area contributed by atoms with E-state index in [-0.39, 0.29) is 19.1 Å². The topological polar surface area (TPSA) is 92.8 Å². The number of benzene rings is 1. The van der Waals surface area contributed by atoms with Gasteiger partial charge in [-0.05, 0) is 37.0 Å². The van der Waals surface area contributed by atoms with Crippen LogP contribution in [0.3, 0.4) is 0 Å². The Morgan fingerprint density at radius 3 is 2.70 bits per heavy atom. The van der Waals surface area contributed by atoms with Crippen molar-refractivity contribution in [1.82, 2.24) is 0 Å². The molecule has 2 rings (SSSR count). The minimum Gasteiger partial charge on any atom is -0.490 e. The van der Waals surface area contributed by atoms with Crippen molar-refractivity contribution < 1.29 is 19.7 Å². The predicted octanol–water partition coefficient (Wildman–Crippen LogP) is 1.08. The largest absolute Gasteiger partial charge is 0.490 e. The van der Waals surface area contributed by atoms with Crippen LogP contribution in [-0.2, 0) is 0 Å². The third-order valence-corrected chi connectivity index (χ3v) is 4.00. The van der Waals surface area contributed by atoms with Crippen LogP contribution in [0.1, 0.15) is 36.0 Å². The number of nitrogens with two attached hydrogens (primary N) is 1. The third-order valence-electron chi connectivity index (χ3n) is 4.00. The first-order chi connectivity index (χ1) is 9.55. The first kappa shape index (κ1) is 14.8. The van der Waals surface area contributed by atoms with E-state index in [0.717, 1.165) is 25.7 Å². The molecule has 5 heteroatoms. The summed E-state index contributed by atoms with van der Waals surface area (Å²) in [4.78, 5) is 11.1. The van der Waals surface area contributed by atoms with Gasteiger partial charge in [0.2, 0.25) is 5.91 Å². The molecule has 110 valence electrons. The zero-order valence-electron chi connectivity index (χ0n) is 11.4. The van der Waals surface area contributed by atoms with E-state index in [4.69, 9.17) is 10.5 Å². The van der Waals surface area contributed by atoms with Crippen LogP contribution in [0.5, 0.6) is 5.75 Å². The number of primary amides is 1. The molecule has 1 amide bonds. The Bertz CT molecular complexity index is 471. The molecule has 1 unspecified atom stereocenters. The van der Waals surface area contributed by atoms with Gasteiger partial charge < -0.3 is 20.7 Å². The maximum absolute atomic E-state index is 11.1. The molecule has 1 aliphatic rings. The quantitative estimate of drug-likeness (QED) is 0.726. The average molecular weight is 279 g/mol. The van der Waals surface area contributed by atoms with Crippen molar-refractivity contribution in [3.63, 3.8) is 0 Å². The summed E-state index contributed by atoms with van der Waals surface area (Å²) >= 11 is 0. The summed E-state index contributed by atoms with van der Waals surface area (Å²) in [6.07, 6.45) is 3.96. The molecule has 0 radical (unpaired) electrons. The second-order valence-electron chi connectivity index (χ2n) is 5.42. The Kier molecular flexibility index (Phi) is 4.62. The van der Waals surface area contributed by atoms with E-state index in [1.807, 2.05) is 0 Å². The Morgan fingerprint density at radius 1 is 1.40 bits per heavy atom. The number of amides is 1. The normalized spacial score (nSPS) is 18.7. The van der Waals surface area contributed by atoms with Gasteiger partial charge in [0.25, 0.3) is 0 Å². The van der Waals surface area contributed by atoms with Crippen LogP contribution in [-0.4, -0.2) is 34.9 Å². The van der Waals surface area contributed by atoms with Crippen LogP contribution >= 0.6 is 0 Å². The van der Waals surface area contributed by atoms with Gasteiger partial charge in [0.1, 0.15) is 18.0 Å². The molecule has 1 aromatic rings. The molecule has 1 fully saturated rings. The Hall–Kier alpha value is -1.59. The number of rotatable bonds is 6. The molecule has 1 aromatic carbocycles. The molecule has 1 saturated carbocycles. The number of aliphatic hydroxyl groups is 2. The standard InChI is InChI=1S/C15H21NO4/c16-14(18)11-4-3-7-13(8-11)20-10-15(19,9-17)12-5-1-2-6-12/h3-4,7-8,12,17,19H,1-2,5-6,9-10H2,(H2,16,18). The van der Waals surface area contributed by atoms with Gasteiger partial charge >= 0.3 is 0 Å². The van der Waals surface area contributed by atoms with Crippen LogP contribution in [0, 0.1) is 5.92 Å². The summed E-state index contributed by atoms with van der Waals surface area (Å²) in [5.41, 5.74) is 4.34. The van der Waals surface area contributed by atoms with E-state index in [9.17, 15) is 15.0 Å². The molecular formula is C15H21NO4. The van der Waals surface area contributed by atoms with Gasteiger partial charge in [-0.3, -0.25) is 4.79 Å². The first-order valence-corrected chi connectivity index (χ1v) is 6.91. The second kappa shape index (κ2) is 6.24. The van der Waals surface area contributed by atoms with Crippen molar-refractivity contribution >= 4 is 5.91 Å². The van der Waals surface area contributed by atoms with Crippen molar-refractivity contribution in [1.29, 1.82) is 0 Å². The summed E-state index contributed by atoms with van der Waals surface area (Å²) < 4.78 is 5.55. The molecule has 0 heterocycles. The monoisotopic (exact) mass is 279 g/mol. The fourth-order valence-corrected chi connectivity index (χ4v) is 2.70. The zero-order valence-corrected chi connectivity index (χ0v) is 11.4. The zero-order chi connectivity index (χ0) is 14.6. The molecule has 0 spiro atoms. The van der Waals surface area contributed by atoms with Crippen LogP contribution in [0.15, 0.2) is 24.3 Å². The summed E-state index contributed by atoms with van der Waals surface area (Å²) in [7, 11) is 0. The molecule has 20 heavy (non-hydrogen) atoms. The van der Waals surface area contributed by atoms with E-state index in [1.54, 1.807) is 18.2 Å². The highest BCUT2D eigenvalue weighted by molar-refractivity contribution is 5.93.